The molecule has 5 nitrogen and oxygen atoms in total. The molecule has 2 rings (SSSR count). The second kappa shape index (κ2) is 5.87. The lowest BCUT2D eigenvalue weighted by Crippen LogP contribution is -2.12. The fraction of sp³-hybridized carbons (Fsp3) is 0.231. The molecule has 2 N–H and O–H groups in total. The Labute approximate surface area is 123 Å². The topological polar surface area (TPSA) is 63.1 Å². The summed E-state index contributed by atoms with van der Waals surface area (Å²) < 4.78 is 28.9. The average Bonchev–Trinajstić information content (AvgIpc) is 2.75. The van der Waals surface area contributed by atoms with Crippen LogP contribution in [0.3, 0.4) is 0 Å². The Morgan fingerprint density at radius 3 is 2.50 bits per heavy atom. The summed E-state index contributed by atoms with van der Waals surface area (Å²) in [5.41, 5.74) is 1.37. The highest BCUT2D eigenvalue weighted by atomic mass is 35.5. The number of benzene rings is 1. The molecule has 0 atom stereocenters. The molecular formula is C13H16ClN3O2S. The van der Waals surface area contributed by atoms with Gasteiger partial charge in [0, 0.05) is 36.2 Å². The summed E-state index contributed by atoms with van der Waals surface area (Å²) in [5.74, 6) is 0. The molecule has 0 saturated heterocycles. The Bertz CT molecular complexity index is 693. The molecular weight excluding hydrogens is 298 g/mol. The van der Waals surface area contributed by atoms with Crippen LogP contribution in [0.25, 0.3) is 0 Å². The Hall–Kier alpha value is -1.50. The number of anilines is 1. The Balaban J connectivity index is 2.26. The molecule has 0 saturated carbocycles. The van der Waals surface area contributed by atoms with Crippen molar-refractivity contribution in [1.82, 2.24) is 9.88 Å². The smallest absolute Gasteiger partial charge is 0.263 e. The first-order valence-electron chi connectivity index (χ1n) is 6.00. The molecule has 20 heavy (non-hydrogen) atoms. The summed E-state index contributed by atoms with van der Waals surface area (Å²) in [6.45, 7) is 0.604. The van der Waals surface area contributed by atoms with E-state index >= 15 is 0 Å². The first-order valence-corrected chi connectivity index (χ1v) is 7.87. The van der Waals surface area contributed by atoms with Gasteiger partial charge in [-0.05, 0) is 37.4 Å². The van der Waals surface area contributed by atoms with Crippen LogP contribution in [0.2, 0.25) is 5.02 Å². The van der Waals surface area contributed by atoms with Crippen LogP contribution in [0.15, 0.2) is 41.4 Å². The third-order valence-electron chi connectivity index (χ3n) is 2.85. The van der Waals surface area contributed by atoms with Gasteiger partial charge in [-0.25, -0.2) is 8.42 Å². The summed E-state index contributed by atoms with van der Waals surface area (Å²) in [4.78, 5) is 0.236. The minimum absolute atomic E-state index is 0.236. The largest absolute Gasteiger partial charge is 0.352 e. The number of nitrogens with zero attached hydrogens (tertiary/aromatic N) is 1. The van der Waals surface area contributed by atoms with Crippen LogP contribution >= 0.6 is 11.6 Å². The van der Waals surface area contributed by atoms with E-state index in [1.807, 2.05) is 14.1 Å². The molecule has 2 aromatic rings. The number of sulfonamides is 1. The van der Waals surface area contributed by atoms with Gasteiger partial charge in [0.25, 0.3) is 10.0 Å². The highest BCUT2D eigenvalue weighted by Gasteiger charge is 2.17. The van der Waals surface area contributed by atoms with E-state index in [9.17, 15) is 8.42 Å². The van der Waals surface area contributed by atoms with Gasteiger partial charge in [-0.1, -0.05) is 11.6 Å². The zero-order chi connectivity index (χ0) is 14.8. The van der Waals surface area contributed by atoms with Crippen LogP contribution in [-0.2, 0) is 23.6 Å². The van der Waals surface area contributed by atoms with Crippen molar-refractivity contribution < 1.29 is 8.42 Å². The fourth-order valence-corrected chi connectivity index (χ4v) is 3.09. The molecule has 1 heterocycles. The summed E-state index contributed by atoms with van der Waals surface area (Å²) >= 11 is 5.77. The zero-order valence-corrected chi connectivity index (χ0v) is 12.8. The van der Waals surface area contributed by atoms with Crippen LogP contribution < -0.4 is 10.0 Å². The van der Waals surface area contributed by atoms with Gasteiger partial charge in [-0.2, -0.15) is 0 Å². The second-order valence-electron chi connectivity index (χ2n) is 4.42. The predicted octanol–water partition coefficient (Wildman–Crippen LogP) is 2.20. The Kier molecular flexibility index (Phi) is 4.37. The van der Waals surface area contributed by atoms with E-state index in [-0.39, 0.29) is 4.90 Å². The standard InChI is InChI=1S/C13H16ClN3O2S/c1-15-8-12-7-13(9-17(12)2)20(18,19)16-11-5-3-10(14)4-6-11/h3-7,9,15-16H,8H2,1-2H3. The maximum absolute atomic E-state index is 12.3. The molecule has 108 valence electrons. The van der Waals surface area contributed by atoms with Gasteiger partial charge < -0.3 is 9.88 Å². The average molecular weight is 314 g/mol. The molecule has 0 amide bonds. The number of aryl methyl sites for hydroxylation is 1. The van der Waals surface area contributed by atoms with Crippen molar-refractivity contribution in [3.63, 3.8) is 0 Å². The summed E-state index contributed by atoms with van der Waals surface area (Å²) in [5, 5.41) is 3.55. The lowest BCUT2D eigenvalue weighted by molar-refractivity contribution is 0.601. The number of hydrogen-bond donors (Lipinski definition) is 2. The quantitative estimate of drug-likeness (QED) is 0.889. The fourth-order valence-electron chi connectivity index (χ4n) is 1.81. The first kappa shape index (κ1) is 14.9. The monoisotopic (exact) mass is 313 g/mol. The molecule has 0 spiro atoms. The number of aromatic nitrogens is 1. The third kappa shape index (κ3) is 3.33. The number of rotatable bonds is 5. The molecule has 0 aliphatic rings. The molecule has 0 unspecified atom stereocenters. The number of hydrogen-bond acceptors (Lipinski definition) is 3. The van der Waals surface area contributed by atoms with Gasteiger partial charge in [0.15, 0.2) is 0 Å². The SMILES string of the molecule is CNCc1cc(S(=O)(=O)Nc2ccc(Cl)cc2)cn1C. The number of halogens is 1. The highest BCUT2D eigenvalue weighted by Crippen LogP contribution is 2.19. The minimum atomic E-state index is -3.59. The molecule has 1 aromatic carbocycles. The van der Waals surface area contributed by atoms with Gasteiger partial charge in [0.2, 0.25) is 0 Å². The molecule has 0 fully saturated rings. The Morgan fingerprint density at radius 2 is 1.90 bits per heavy atom. The maximum atomic E-state index is 12.3. The van der Waals surface area contributed by atoms with Gasteiger partial charge in [-0.3, -0.25) is 4.72 Å². The van der Waals surface area contributed by atoms with Gasteiger partial charge in [0.05, 0.1) is 0 Å². The van der Waals surface area contributed by atoms with E-state index in [1.54, 1.807) is 41.1 Å². The summed E-state index contributed by atoms with van der Waals surface area (Å²) in [6, 6.07) is 8.16. The van der Waals surface area contributed by atoms with Crippen molar-refractivity contribution in [2.45, 2.75) is 11.4 Å². The maximum Gasteiger partial charge on any atom is 0.263 e. The van der Waals surface area contributed by atoms with Crippen LogP contribution in [0.4, 0.5) is 5.69 Å². The molecule has 1 aromatic heterocycles. The van der Waals surface area contributed by atoms with E-state index in [2.05, 4.69) is 10.0 Å². The van der Waals surface area contributed by atoms with Crippen molar-refractivity contribution in [2.24, 2.45) is 7.05 Å². The van der Waals surface area contributed by atoms with E-state index in [0.717, 1.165) is 5.69 Å². The van der Waals surface area contributed by atoms with E-state index in [1.165, 1.54) is 0 Å². The van der Waals surface area contributed by atoms with E-state index < -0.39 is 10.0 Å². The van der Waals surface area contributed by atoms with Gasteiger partial charge in [-0.15, -0.1) is 0 Å². The second-order valence-corrected chi connectivity index (χ2v) is 6.54. The molecule has 0 bridgehead atoms. The van der Waals surface area contributed by atoms with Crippen molar-refractivity contribution >= 4 is 27.3 Å². The van der Waals surface area contributed by atoms with Crippen molar-refractivity contribution in [1.29, 1.82) is 0 Å². The van der Waals surface area contributed by atoms with Crippen LogP contribution in [-0.4, -0.2) is 20.0 Å². The predicted molar refractivity (Wildman–Crippen MR) is 80.4 cm³/mol. The normalized spacial score (nSPS) is 11.6. The van der Waals surface area contributed by atoms with E-state index in [4.69, 9.17) is 11.6 Å². The van der Waals surface area contributed by atoms with Crippen LogP contribution in [0, 0.1) is 0 Å². The third-order valence-corrected chi connectivity index (χ3v) is 4.45. The summed E-state index contributed by atoms with van der Waals surface area (Å²) in [7, 11) is 0.0383. The molecule has 7 heteroatoms. The van der Waals surface area contributed by atoms with Crippen molar-refractivity contribution in [3.8, 4) is 0 Å². The molecule has 0 aliphatic heterocycles. The summed E-state index contributed by atoms with van der Waals surface area (Å²) in [6.07, 6.45) is 1.59. The lowest BCUT2D eigenvalue weighted by atomic mass is 10.3. The van der Waals surface area contributed by atoms with Gasteiger partial charge in [0.1, 0.15) is 4.90 Å². The van der Waals surface area contributed by atoms with Crippen LogP contribution in [0.5, 0.6) is 0 Å². The number of nitrogens with one attached hydrogen (secondary N) is 2. The van der Waals surface area contributed by atoms with Crippen molar-refractivity contribution in [3.05, 3.63) is 47.2 Å². The zero-order valence-electron chi connectivity index (χ0n) is 11.2. The van der Waals surface area contributed by atoms with Crippen LogP contribution in [0.1, 0.15) is 5.69 Å². The molecule has 0 aliphatic carbocycles. The highest BCUT2D eigenvalue weighted by molar-refractivity contribution is 7.92. The van der Waals surface area contributed by atoms with Gasteiger partial charge >= 0.3 is 0 Å². The molecule has 0 radical (unpaired) electrons. The first-order chi connectivity index (χ1) is 9.42. The Morgan fingerprint density at radius 1 is 1.25 bits per heavy atom. The van der Waals surface area contributed by atoms with Crippen molar-refractivity contribution in [2.75, 3.05) is 11.8 Å². The van der Waals surface area contributed by atoms with E-state index in [0.29, 0.717) is 17.3 Å². The lowest BCUT2D eigenvalue weighted by Gasteiger charge is -2.06. The minimum Gasteiger partial charge on any atom is -0.352 e.